The highest BCUT2D eigenvalue weighted by Gasteiger charge is 2.20. The van der Waals surface area contributed by atoms with Crippen LogP contribution in [0.25, 0.3) is 10.9 Å². The summed E-state index contributed by atoms with van der Waals surface area (Å²) in [6.45, 7) is 0. The van der Waals surface area contributed by atoms with Crippen molar-refractivity contribution >= 4 is 22.8 Å². The molecule has 1 unspecified atom stereocenters. The van der Waals surface area contributed by atoms with Crippen LogP contribution in [0.1, 0.15) is 27.9 Å². The predicted molar refractivity (Wildman–Crippen MR) is 94.6 cm³/mol. The monoisotopic (exact) mass is 352 g/mol. The molecule has 1 aliphatic carbocycles. The van der Waals surface area contributed by atoms with Gasteiger partial charge in [-0.25, -0.2) is 19.8 Å². The Labute approximate surface area is 149 Å². The van der Waals surface area contributed by atoms with Crippen LogP contribution in [0.3, 0.4) is 0 Å². The molecule has 3 N–H and O–H groups in total. The molecule has 0 saturated carbocycles. The first-order valence-electron chi connectivity index (χ1n) is 8.37. The van der Waals surface area contributed by atoms with E-state index in [9.17, 15) is 9.18 Å². The Hall–Kier alpha value is -3.06. The number of hydrogen-bond acceptors (Lipinski definition) is 5. The van der Waals surface area contributed by atoms with Crippen LogP contribution in [0.15, 0.2) is 42.6 Å². The summed E-state index contributed by atoms with van der Waals surface area (Å²) in [6.07, 6.45) is 4.14. The standard InChI is InChI=1S/C19H17FN4O2/c20-15-4-6-17-14(8-15)10-21-19(23-17)22-16-5-3-11-1-2-12(18(25)24-26)7-13(11)9-16/h1-2,4,6-8,10,16,26H,3,5,9H2,(H,24,25)(H,21,22,23). The topological polar surface area (TPSA) is 87.1 Å². The number of carbonyl (C=O) groups excluding carboxylic acids is 1. The zero-order chi connectivity index (χ0) is 18.1. The minimum atomic E-state index is -0.520. The van der Waals surface area contributed by atoms with Crippen molar-refractivity contribution in [2.75, 3.05) is 5.32 Å². The van der Waals surface area contributed by atoms with E-state index in [1.807, 2.05) is 6.07 Å². The van der Waals surface area contributed by atoms with Gasteiger partial charge >= 0.3 is 0 Å². The van der Waals surface area contributed by atoms with Crippen LogP contribution < -0.4 is 10.8 Å². The van der Waals surface area contributed by atoms with Gasteiger partial charge in [0.05, 0.1) is 5.52 Å². The van der Waals surface area contributed by atoms with Crippen molar-refractivity contribution in [2.24, 2.45) is 0 Å². The van der Waals surface area contributed by atoms with Crippen molar-refractivity contribution in [3.8, 4) is 0 Å². The Balaban J connectivity index is 1.53. The maximum absolute atomic E-state index is 13.3. The first-order chi connectivity index (χ1) is 12.6. The second-order valence-electron chi connectivity index (χ2n) is 6.41. The normalized spacial score (nSPS) is 16.2. The van der Waals surface area contributed by atoms with Crippen molar-refractivity contribution in [1.29, 1.82) is 0 Å². The molecule has 1 aliphatic rings. The smallest absolute Gasteiger partial charge is 0.274 e. The molecule has 1 atom stereocenters. The van der Waals surface area contributed by atoms with Crippen molar-refractivity contribution in [2.45, 2.75) is 25.3 Å². The number of nitrogens with zero attached hydrogens (tertiary/aromatic N) is 2. The molecule has 0 fully saturated rings. The third kappa shape index (κ3) is 3.21. The average molecular weight is 352 g/mol. The van der Waals surface area contributed by atoms with Gasteiger partial charge in [-0.1, -0.05) is 6.07 Å². The summed E-state index contributed by atoms with van der Waals surface area (Å²) < 4.78 is 13.3. The lowest BCUT2D eigenvalue weighted by Gasteiger charge is -2.26. The van der Waals surface area contributed by atoms with E-state index in [-0.39, 0.29) is 11.9 Å². The highest BCUT2D eigenvalue weighted by molar-refractivity contribution is 5.93. The maximum atomic E-state index is 13.3. The summed E-state index contributed by atoms with van der Waals surface area (Å²) in [7, 11) is 0. The van der Waals surface area contributed by atoms with Gasteiger partial charge in [0.1, 0.15) is 5.82 Å². The third-order valence-corrected chi connectivity index (χ3v) is 4.67. The van der Waals surface area contributed by atoms with E-state index in [0.717, 1.165) is 24.8 Å². The van der Waals surface area contributed by atoms with Gasteiger partial charge in [0.15, 0.2) is 0 Å². The molecule has 132 valence electrons. The number of carbonyl (C=O) groups is 1. The predicted octanol–water partition coefficient (Wildman–Crippen LogP) is 2.86. The van der Waals surface area contributed by atoms with E-state index in [0.29, 0.717) is 22.4 Å². The average Bonchev–Trinajstić information content (AvgIpc) is 2.67. The van der Waals surface area contributed by atoms with Crippen LogP contribution in [0.4, 0.5) is 10.3 Å². The summed E-state index contributed by atoms with van der Waals surface area (Å²) in [5, 5.41) is 12.8. The number of benzene rings is 2. The second-order valence-corrected chi connectivity index (χ2v) is 6.41. The minimum Gasteiger partial charge on any atom is -0.351 e. The van der Waals surface area contributed by atoms with Gasteiger partial charge in [0, 0.05) is 23.2 Å². The van der Waals surface area contributed by atoms with E-state index in [1.165, 1.54) is 17.7 Å². The zero-order valence-corrected chi connectivity index (χ0v) is 13.9. The number of hydrogen-bond donors (Lipinski definition) is 3. The molecule has 0 spiro atoms. The molecule has 26 heavy (non-hydrogen) atoms. The van der Waals surface area contributed by atoms with Gasteiger partial charge in [-0.15, -0.1) is 0 Å². The Morgan fingerprint density at radius 3 is 2.92 bits per heavy atom. The van der Waals surface area contributed by atoms with E-state index in [1.54, 1.807) is 29.9 Å². The van der Waals surface area contributed by atoms with Crippen LogP contribution >= 0.6 is 0 Å². The summed E-state index contributed by atoms with van der Waals surface area (Å²) >= 11 is 0. The highest BCUT2D eigenvalue weighted by Crippen LogP contribution is 2.25. The first kappa shape index (κ1) is 16.4. The fourth-order valence-corrected chi connectivity index (χ4v) is 3.34. The van der Waals surface area contributed by atoms with Gasteiger partial charge in [-0.2, -0.15) is 0 Å². The molecule has 0 aliphatic heterocycles. The zero-order valence-electron chi connectivity index (χ0n) is 13.9. The highest BCUT2D eigenvalue weighted by atomic mass is 19.1. The summed E-state index contributed by atoms with van der Waals surface area (Å²) in [6, 6.07) is 9.99. The lowest BCUT2D eigenvalue weighted by molar-refractivity contribution is 0.0706. The maximum Gasteiger partial charge on any atom is 0.274 e. The first-order valence-corrected chi connectivity index (χ1v) is 8.37. The third-order valence-electron chi connectivity index (χ3n) is 4.67. The number of fused-ring (bicyclic) bond motifs is 2. The Morgan fingerprint density at radius 2 is 2.08 bits per heavy atom. The van der Waals surface area contributed by atoms with Crippen molar-refractivity contribution < 1.29 is 14.4 Å². The molecule has 7 heteroatoms. The number of amides is 1. The molecule has 1 aromatic heterocycles. The molecular formula is C19H17FN4O2. The van der Waals surface area contributed by atoms with Crippen molar-refractivity contribution in [3.63, 3.8) is 0 Å². The van der Waals surface area contributed by atoms with Crippen molar-refractivity contribution in [3.05, 3.63) is 65.1 Å². The van der Waals surface area contributed by atoms with Crippen LogP contribution in [0, 0.1) is 5.82 Å². The fraction of sp³-hybridized carbons (Fsp3) is 0.211. The minimum absolute atomic E-state index is 0.132. The van der Waals surface area contributed by atoms with E-state index >= 15 is 0 Å². The number of anilines is 1. The molecule has 4 rings (SSSR count). The molecule has 0 saturated heterocycles. The quantitative estimate of drug-likeness (QED) is 0.498. The summed E-state index contributed by atoms with van der Waals surface area (Å²) in [5.41, 5.74) is 5.04. The lowest BCUT2D eigenvalue weighted by Crippen LogP contribution is -2.29. The molecule has 2 aromatic carbocycles. The number of hydroxylamine groups is 1. The number of aryl methyl sites for hydroxylation is 1. The van der Waals surface area contributed by atoms with Gasteiger partial charge in [0.2, 0.25) is 5.95 Å². The Morgan fingerprint density at radius 1 is 1.19 bits per heavy atom. The Bertz CT molecular complexity index is 992. The molecule has 1 heterocycles. The van der Waals surface area contributed by atoms with Gasteiger partial charge in [-0.05, 0) is 60.7 Å². The van der Waals surface area contributed by atoms with E-state index in [4.69, 9.17) is 5.21 Å². The number of halogens is 1. The number of aromatic nitrogens is 2. The van der Waals surface area contributed by atoms with Gasteiger partial charge < -0.3 is 5.32 Å². The van der Waals surface area contributed by atoms with Crippen LogP contribution in [-0.2, 0) is 12.8 Å². The molecule has 0 bridgehead atoms. The summed E-state index contributed by atoms with van der Waals surface area (Å²) in [4.78, 5) is 20.3. The van der Waals surface area contributed by atoms with Crippen LogP contribution in [0.5, 0.6) is 0 Å². The van der Waals surface area contributed by atoms with E-state index in [2.05, 4.69) is 15.3 Å². The number of rotatable bonds is 3. The Kier molecular flexibility index (Phi) is 4.22. The van der Waals surface area contributed by atoms with E-state index < -0.39 is 5.91 Å². The van der Waals surface area contributed by atoms with Gasteiger partial charge in [-0.3, -0.25) is 10.0 Å². The second kappa shape index (κ2) is 6.68. The molecule has 3 aromatic rings. The van der Waals surface area contributed by atoms with Crippen LogP contribution in [0.2, 0.25) is 0 Å². The molecule has 6 nitrogen and oxygen atoms in total. The van der Waals surface area contributed by atoms with Crippen LogP contribution in [-0.4, -0.2) is 27.1 Å². The molecule has 0 radical (unpaired) electrons. The SMILES string of the molecule is O=C(NO)c1ccc2c(c1)CC(Nc1ncc3cc(F)ccc3n1)CC2. The molecular weight excluding hydrogens is 335 g/mol. The number of nitrogens with one attached hydrogen (secondary N) is 2. The largest absolute Gasteiger partial charge is 0.351 e. The molecule has 1 amide bonds. The summed E-state index contributed by atoms with van der Waals surface area (Å²) in [5.74, 6) is -0.330. The van der Waals surface area contributed by atoms with Gasteiger partial charge in [0.25, 0.3) is 5.91 Å². The fourth-order valence-electron chi connectivity index (χ4n) is 3.34. The van der Waals surface area contributed by atoms with Crippen molar-refractivity contribution in [1.82, 2.24) is 15.4 Å². The lowest BCUT2D eigenvalue weighted by atomic mass is 9.87.